The molecule has 1 unspecified atom stereocenters. The number of aryl methyl sites for hydroxylation is 1. The molecule has 1 atom stereocenters. The molecule has 0 spiro atoms. The number of ether oxygens (including phenoxy) is 2. The first-order valence-electron chi connectivity index (χ1n) is 6.85. The lowest BCUT2D eigenvalue weighted by Gasteiger charge is -2.20. The van der Waals surface area contributed by atoms with E-state index in [0.29, 0.717) is 25.4 Å². The lowest BCUT2D eigenvalue weighted by atomic mass is 10.0. The van der Waals surface area contributed by atoms with Gasteiger partial charge < -0.3 is 14.6 Å². The van der Waals surface area contributed by atoms with Gasteiger partial charge >= 0.3 is 0 Å². The first-order chi connectivity index (χ1) is 9.76. The highest BCUT2D eigenvalue weighted by atomic mass is 16.6. The van der Waals surface area contributed by atoms with Gasteiger partial charge in [-0.05, 0) is 30.2 Å². The Kier molecular flexibility index (Phi) is 3.60. The van der Waals surface area contributed by atoms with Crippen LogP contribution in [0, 0.1) is 0 Å². The van der Waals surface area contributed by atoms with Gasteiger partial charge in [0.25, 0.3) is 0 Å². The van der Waals surface area contributed by atoms with Crippen LogP contribution in [0.4, 0.5) is 0 Å². The minimum Gasteiger partial charge on any atom is -0.486 e. The first kappa shape index (κ1) is 13.0. The van der Waals surface area contributed by atoms with Gasteiger partial charge in [0.15, 0.2) is 11.5 Å². The van der Waals surface area contributed by atoms with E-state index in [1.807, 2.05) is 36.0 Å². The molecule has 5 nitrogen and oxygen atoms in total. The topological polar surface area (TPSA) is 56.5 Å². The quantitative estimate of drug-likeness (QED) is 0.926. The van der Waals surface area contributed by atoms with E-state index in [2.05, 4.69) is 5.10 Å². The van der Waals surface area contributed by atoms with Crippen LogP contribution in [0.1, 0.15) is 24.2 Å². The highest BCUT2D eigenvalue weighted by Crippen LogP contribution is 2.33. The molecule has 20 heavy (non-hydrogen) atoms. The SMILES string of the molecule is CCn1cc(CC(O)c2ccc3c(c2)OCCO3)cn1. The smallest absolute Gasteiger partial charge is 0.161 e. The van der Waals surface area contributed by atoms with E-state index in [1.54, 1.807) is 6.20 Å². The van der Waals surface area contributed by atoms with Crippen molar-refractivity contribution < 1.29 is 14.6 Å². The molecule has 0 aliphatic carbocycles. The fourth-order valence-corrected chi connectivity index (χ4v) is 2.29. The molecule has 2 aromatic rings. The van der Waals surface area contributed by atoms with Crippen molar-refractivity contribution in [3.8, 4) is 11.5 Å². The Morgan fingerprint density at radius 3 is 2.85 bits per heavy atom. The van der Waals surface area contributed by atoms with Gasteiger partial charge in [0.2, 0.25) is 0 Å². The fraction of sp³-hybridized carbons (Fsp3) is 0.400. The van der Waals surface area contributed by atoms with Crippen molar-refractivity contribution in [1.82, 2.24) is 9.78 Å². The second-order valence-electron chi connectivity index (χ2n) is 4.83. The molecule has 1 aromatic heterocycles. The highest BCUT2D eigenvalue weighted by molar-refractivity contribution is 5.44. The van der Waals surface area contributed by atoms with Crippen molar-refractivity contribution in [2.45, 2.75) is 26.0 Å². The summed E-state index contributed by atoms with van der Waals surface area (Å²) >= 11 is 0. The zero-order valence-electron chi connectivity index (χ0n) is 11.5. The van der Waals surface area contributed by atoms with Crippen LogP contribution in [0.5, 0.6) is 11.5 Å². The van der Waals surface area contributed by atoms with E-state index in [0.717, 1.165) is 23.4 Å². The summed E-state index contributed by atoms with van der Waals surface area (Å²) in [5.74, 6) is 1.45. The molecule has 0 saturated heterocycles. The van der Waals surface area contributed by atoms with Crippen molar-refractivity contribution in [3.63, 3.8) is 0 Å². The summed E-state index contributed by atoms with van der Waals surface area (Å²) in [6, 6.07) is 5.58. The molecule has 2 heterocycles. The lowest BCUT2D eigenvalue weighted by molar-refractivity contribution is 0.164. The van der Waals surface area contributed by atoms with Crippen LogP contribution in [-0.2, 0) is 13.0 Å². The van der Waals surface area contributed by atoms with Gasteiger partial charge in [-0.15, -0.1) is 0 Å². The molecule has 1 aromatic carbocycles. The van der Waals surface area contributed by atoms with Gasteiger partial charge in [-0.1, -0.05) is 6.07 Å². The van der Waals surface area contributed by atoms with Crippen LogP contribution in [0.2, 0.25) is 0 Å². The summed E-state index contributed by atoms with van der Waals surface area (Å²) in [5.41, 5.74) is 1.85. The van der Waals surface area contributed by atoms with Crippen molar-refractivity contribution >= 4 is 0 Å². The number of fused-ring (bicyclic) bond motifs is 1. The number of hydrogen-bond donors (Lipinski definition) is 1. The Morgan fingerprint density at radius 1 is 1.30 bits per heavy atom. The van der Waals surface area contributed by atoms with E-state index in [1.165, 1.54) is 0 Å². The average Bonchev–Trinajstić information content (AvgIpc) is 2.94. The average molecular weight is 274 g/mol. The molecule has 106 valence electrons. The second-order valence-corrected chi connectivity index (χ2v) is 4.83. The Bertz CT molecular complexity index is 595. The van der Waals surface area contributed by atoms with Crippen molar-refractivity contribution in [2.24, 2.45) is 0 Å². The normalized spacial score (nSPS) is 15.1. The Hall–Kier alpha value is -2.01. The molecule has 1 N–H and O–H groups in total. The monoisotopic (exact) mass is 274 g/mol. The molecule has 0 radical (unpaired) electrons. The number of nitrogens with zero attached hydrogens (tertiary/aromatic N) is 2. The molecule has 5 heteroatoms. The van der Waals surface area contributed by atoms with Gasteiger partial charge in [-0.25, -0.2) is 0 Å². The number of benzene rings is 1. The summed E-state index contributed by atoms with van der Waals surface area (Å²) in [5, 5.41) is 14.5. The van der Waals surface area contributed by atoms with E-state index in [4.69, 9.17) is 9.47 Å². The highest BCUT2D eigenvalue weighted by Gasteiger charge is 2.16. The summed E-state index contributed by atoms with van der Waals surface area (Å²) in [6.07, 6.45) is 3.73. The third kappa shape index (κ3) is 2.63. The molecular formula is C15H18N2O3. The Balaban J connectivity index is 1.74. The van der Waals surface area contributed by atoms with Crippen LogP contribution >= 0.6 is 0 Å². The number of aliphatic hydroxyl groups excluding tert-OH is 1. The molecule has 0 amide bonds. The third-order valence-corrected chi connectivity index (χ3v) is 3.39. The van der Waals surface area contributed by atoms with Gasteiger partial charge in [-0.2, -0.15) is 5.10 Å². The maximum atomic E-state index is 10.3. The van der Waals surface area contributed by atoms with Crippen LogP contribution < -0.4 is 9.47 Å². The zero-order valence-corrected chi connectivity index (χ0v) is 11.5. The summed E-state index contributed by atoms with van der Waals surface area (Å²) < 4.78 is 12.9. The minimum absolute atomic E-state index is 0.541. The van der Waals surface area contributed by atoms with Crippen molar-refractivity contribution in [1.29, 1.82) is 0 Å². The van der Waals surface area contributed by atoms with Gasteiger partial charge in [0, 0.05) is 19.2 Å². The molecule has 0 saturated carbocycles. The Labute approximate surface area is 117 Å². The fourth-order valence-electron chi connectivity index (χ4n) is 2.29. The third-order valence-electron chi connectivity index (χ3n) is 3.39. The van der Waals surface area contributed by atoms with Crippen molar-refractivity contribution in [2.75, 3.05) is 13.2 Å². The number of aromatic nitrogens is 2. The van der Waals surface area contributed by atoms with Gasteiger partial charge in [-0.3, -0.25) is 4.68 Å². The summed E-state index contributed by atoms with van der Waals surface area (Å²) in [6.45, 7) is 4.00. The van der Waals surface area contributed by atoms with Crippen LogP contribution in [0.3, 0.4) is 0 Å². The number of aliphatic hydroxyl groups is 1. The Morgan fingerprint density at radius 2 is 2.10 bits per heavy atom. The molecule has 1 aliphatic heterocycles. The van der Waals surface area contributed by atoms with E-state index in [-0.39, 0.29) is 0 Å². The van der Waals surface area contributed by atoms with Crippen LogP contribution in [-0.4, -0.2) is 28.1 Å². The van der Waals surface area contributed by atoms with Crippen LogP contribution in [0.15, 0.2) is 30.6 Å². The number of rotatable bonds is 4. The summed E-state index contributed by atoms with van der Waals surface area (Å²) in [7, 11) is 0. The lowest BCUT2D eigenvalue weighted by Crippen LogP contribution is -2.15. The standard InChI is InChI=1S/C15H18N2O3/c1-2-17-10-11(9-16-17)7-13(18)12-3-4-14-15(8-12)20-6-5-19-14/h3-4,8-10,13,18H,2,5-7H2,1H3. The van der Waals surface area contributed by atoms with E-state index >= 15 is 0 Å². The molecular weight excluding hydrogens is 256 g/mol. The first-order valence-corrected chi connectivity index (χ1v) is 6.85. The second kappa shape index (κ2) is 5.54. The molecule has 3 rings (SSSR count). The predicted molar refractivity (Wildman–Crippen MR) is 74.0 cm³/mol. The molecule has 0 bridgehead atoms. The van der Waals surface area contributed by atoms with Crippen molar-refractivity contribution in [3.05, 3.63) is 41.7 Å². The minimum atomic E-state index is -0.569. The molecule has 0 fully saturated rings. The van der Waals surface area contributed by atoms with Gasteiger partial charge in [0.05, 0.1) is 12.3 Å². The predicted octanol–water partition coefficient (Wildman–Crippen LogP) is 1.95. The zero-order chi connectivity index (χ0) is 13.9. The number of hydrogen-bond acceptors (Lipinski definition) is 4. The van der Waals surface area contributed by atoms with E-state index in [9.17, 15) is 5.11 Å². The maximum Gasteiger partial charge on any atom is 0.161 e. The summed E-state index contributed by atoms with van der Waals surface area (Å²) in [4.78, 5) is 0. The molecule has 1 aliphatic rings. The maximum absolute atomic E-state index is 10.3. The van der Waals surface area contributed by atoms with Gasteiger partial charge in [0.1, 0.15) is 13.2 Å². The van der Waals surface area contributed by atoms with Crippen LogP contribution in [0.25, 0.3) is 0 Å². The largest absolute Gasteiger partial charge is 0.486 e. The van der Waals surface area contributed by atoms with E-state index < -0.39 is 6.10 Å².